The highest BCUT2D eigenvalue weighted by Crippen LogP contribution is 2.29. The van der Waals surface area contributed by atoms with Crippen LogP contribution in [0, 0.1) is 0 Å². The number of rotatable bonds is 6. The first-order valence-corrected chi connectivity index (χ1v) is 6.76. The molecular formula is C14H21N3O3. The average Bonchev–Trinajstić information content (AvgIpc) is 2.47. The molecule has 110 valence electrons. The number of carboxylic acid groups (broad SMARTS) is 1. The molecule has 0 saturated carbocycles. The van der Waals surface area contributed by atoms with Gasteiger partial charge in [-0.05, 0) is 17.7 Å². The highest BCUT2D eigenvalue weighted by atomic mass is 16.5. The van der Waals surface area contributed by atoms with Crippen molar-refractivity contribution in [3.05, 3.63) is 23.8 Å². The van der Waals surface area contributed by atoms with Gasteiger partial charge in [-0.15, -0.1) is 0 Å². The van der Waals surface area contributed by atoms with E-state index in [-0.39, 0.29) is 6.54 Å². The van der Waals surface area contributed by atoms with Crippen LogP contribution in [0.1, 0.15) is 5.56 Å². The molecule has 6 heteroatoms. The van der Waals surface area contributed by atoms with Crippen LogP contribution in [0.15, 0.2) is 18.2 Å². The minimum Gasteiger partial charge on any atom is -0.495 e. The molecule has 1 aromatic carbocycles. The third-order valence-electron chi connectivity index (χ3n) is 3.31. The lowest BCUT2D eigenvalue weighted by Crippen LogP contribution is -2.43. The summed E-state index contributed by atoms with van der Waals surface area (Å²) in [6, 6.07) is 6.02. The Kier molecular flexibility index (Phi) is 5.20. The van der Waals surface area contributed by atoms with E-state index in [0.29, 0.717) is 6.54 Å². The van der Waals surface area contributed by atoms with Crippen molar-refractivity contribution in [2.45, 2.75) is 6.54 Å². The van der Waals surface area contributed by atoms with Crippen LogP contribution in [0.3, 0.4) is 0 Å². The Labute approximate surface area is 118 Å². The van der Waals surface area contributed by atoms with Crippen molar-refractivity contribution >= 4 is 11.7 Å². The van der Waals surface area contributed by atoms with Gasteiger partial charge >= 0.3 is 5.97 Å². The molecule has 20 heavy (non-hydrogen) atoms. The minimum atomic E-state index is -0.852. The maximum absolute atomic E-state index is 10.5. The Hall–Kier alpha value is -1.79. The number of nitrogens with zero attached hydrogens (tertiary/aromatic N) is 1. The van der Waals surface area contributed by atoms with Crippen molar-refractivity contribution in [2.24, 2.45) is 0 Å². The Bertz CT molecular complexity index is 459. The summed E-state index contributed by atoms with van der Waals surface area (Å²) in [6.45, 7) is 4.36. The molecule has 1 aliphatic heterocycles. The van der Waals surface area contributed by atoms with Gasteiger partial charge in [0.25, 0.3) is 0 Å². The fourth-order valence-corrected chi connectivity index (χ4v) is 2.31. The lowest BCUT2D eigenvalue weighted by atomic mass is 10.1. The van der Waals surface area contributed by atoms with Crippen molar-refractivity contribution in [3.8, 4) is 5.75 Å². The highest BCUT2D eigenvalue weighted by Gasteiger charge is 2.15. The van der Waals surface area contributed by atoms with Crippen LogP contribution in [-0.2, 0) is 11.3 Å². The van der Waals surface area contributed by atoms with E-state index in [1.807, 2.05) is 18.2 Å². The van der Waals surface area contributed by atoms with Crippen LogP contribution in [0.25, 0.3) is 0 Å². The number of carboxylic acids is 1. The third-order valence-corrected chi connectivity index (χ3v) is 3.31. The molecule has 0 atom stereocenters. The second-order valence-electron chi connectivity index (χ2n) is 4.74. The van der Waals surface area contributed by atoms with Crippen LogP contribution >= 0.6 is 0 Å². The van der Waals surface area contributed by atoms with Crippen molar-refractivity contribution < 1.29 is 14.6 Å². The number of aliphatic carboxylic acids is 1. The van der Waals surface area contributed by atoms with Crippen LogP contribution in [0.5, 0.6) is 5.75 Å². The van der Waals surface area contributed by atoms with E-state index in [0.717, 1.165) is 43.2 Å². The molecule has 0 spiro atoms. The minimum absolute atomic E-state index is 0.0398. The quantitative estimate of drug-likeness (QED) is 0.694. The molecule has 0 bridgehead atoms. The lowest BCUT2D eigenvalue weighted by molar-refractivity contribution is -0.135. The smallest absolute Gasteiger partial charge is 0.317 e. The van der Waals surface area contributed by atoms with Crippen molar-refractivity contribution in [1.29, 1.82) is 0 Å². The van der Waals surface area contributed by atoms with Crippen molar-refractivity contribution in [2.75, 3.05) is 44.7 Å². The van der Waals surface area contributed by atoms with Crippen LogP contribution < -0.4 is 20.3 Å². The molecule has 0 unspecified atom stereocenters. The Morgan fingerprint density at radius 1 is 1.45 bits per heavy atom. The summed E-state index contributed by atoms with van der Waals surface area (Å²) in [7, 11) is 1.66. The second-order valence-corrected chi connectivity index (χ2v) is 4.74. The summed E-state index contributed by atoms with van der Waals surface area (Å²) in [6.07, 6.45) is 0. The number of anilines is 1. The standard InChI is InChI=1S/C14H21N3O3/c1-20-13-8-11(9-16-10-14(18)19)2-3-12(13)17-6-4-15-5-7-17/h2-3,8,15-16H,4-7,9-10H2,1H3,(H,18,19). The summed E-state index contributed by atoms with van der Waals surface area (Å²) >= 11 is 0. The van der Waals surface area contributed by atoms with Gasteiger partial charge in [0.15, 0.2) is 0 Å². The number of piperazine rings is 1. The zero-order chi connectivity index (χ0) is 14.4. The van der Waals surface area contributed by atoms with Gasteiger partial charge in [-0.25, -0.2) is 0 Å². The molecule has 1 heterocycles. The number of methoxy groups -OCH3 is 1. The van der Waals surface area contributed by atoms with Gasteiger partial charge in [0.05, 0.1) is 19.3 Å². The first-order valence-electron chi connectivity index (χ1n) is 6.76. The SMILES string of the molecule is COc1cc(CNCC(=O)O)ccc1N1CCNCC1. The normalized spacial score (nSPS) is 15.2. The molecule has 3 N–H and O–H groups in total. The summed E-state index contributed by atoms with van der Waals surface area (Å²) in [5, 5.41) is 14.8. The fraction of sp³-hybridized carbons (Fsp3) is 0.500. The predicted octanol–water partition coefficient (Wildman–Crippen LogP) is 0.279. The molecule has 1 fully saturated rings. The van der Waals surface area contributed by atoms with Gasteiger partial charge in [0, 0.05) is 32.7 Å². The largest absolute Gasteiger partial charge is 0.495 e. The van der Waals surface area contributed by atoms with Crippen molar-refractivity contribution in [3.63, 3.8) is 0 Å². The number of nitrogens with one attached hydrogen (secondary N) is 2. The van der Waals surface area contributed by atoms with E-state index >= 15 is 0 Å². The van der Waals surface area contributed by atoms with Gasteiger partial charge in [-0.2, -0.15) is 0 Å². The van der Waals surface area contributed by atoms with E-state index in [4.69, 9.17) is 9.84 Å². The molecule has 1 aliphatic rings. The van der Waals surface area contributed by atoms with Gasteiger partial charge < -0.3 is 25.4 Å². The number of carbonyl (C=O) groups is 1. The van der Waals surface area contributed by atoms with E-state index in [9.17, 15) is 4.79 Å². The zero-order valence-corrected chi connectivity index (χ0v) is 11.7. The number of hydrogen-bond donors (Lipinski definition) is 3. The zero-order valence-electron chi connectivity index (χ0n) is 11.7. The topological polar surface area (TPSA) is 73.8 Å². The number of benzene rings is 1. The molecule has 0 amide bonds. The highest BCUT2D eigenvalue weighted by molar-refractivity contribution is 5.69. The van der Waals surface area contributed by atoms with E-state index < -0.39 is 5.97 Å². The molecule has 1 saturated heterocycles. The molecule has 2 rings (SSSR count). The molecule has 0 aromatic heterocycles. The monoisotopic (exact) mass is 279 g/mol. The molecular weight excluding hydrogens is 258 g/mol. The summed E-state index contributed by atoms with van der Waals surface area (Å²) in [5.41, 5.74) is 2.11. The molecule has 0 aliphatic carbocycles. The van der Waals surface area contributed by atoms with Gasteiger partial charge in [-0.1, -0.05) is 6.07 Å². The first-order chi connectivity index (χ1) is 9.70. The average molecular weight is 279 g/mol. The van der Waals surface area contributed by atoms with Crippen LogP contribution in [0.2, 0.25) is 0 Å². The summed E-state index contributed by atoms with van der Waals surface area (Å²) in [5.74, 6) is -0.0177. The van der Waals surface area contributed by atoms with E-state index in [2.05, 4.69) is 15.5 Å². The number of ether oxygens (including phenoxy) is 1. The number of hydrogen-bond acceptors (Lipinski definition) is 5. The Balaban J connectivity index is 2.04. The molecule has 1 aromatic rings. The summed E-state index contributed by atoms with van der Waals surface area (Å²) in [4.78, 5) is 12.8. The van der Waals surface area contributed by atoms with E-state index in [1.54, 1.807) is 7.11 Å². The third kappa shape index (κ3) is 3.85. The van der Waals surface area contributed by atoms with Crippen LogP contribution in [0.4, 0.5) is 5.69 Å². The van der Waals surface area contributed by atoms with Crippen LogP contribution in [-0.4, -0.2) is 50.9 Å². The Morgan fingerprint density at radius 2 is 2.20 bits per heavy atom. The fourth-order valence-electron chi connectivity index (χ4n) is 2.31. The maximum Gasteiger partial charge on any atom is 0.317 e. The lowest BCUT2D eigenvalue weighted by Gasteiger charge is -2.30. The molecule has 0 radical (unpaired) electrons. The maximum atomic E-state index is 10.5. The predicted molar refractivity (Wildman–Crippen MR) is 77.4 cm³/mol. The Morgan fingerprint density at radius 3 is 2.85 bits per heavy atom. The second kappa shape index (κ2) is 7.12. The molecule has 6 nitrogen and oxygen atoms in total. The van der Waals surface area contributed by atoms with Gasteiger partial charge in [0.1, 0.15) is 5.75 Å². The first kappa shape index (κ1) is 14.6. The van der Waals surface area contributed by atoms with Gasteiger partial charge in [0.2, 0.25) is 0 Å². The van der Waals surface area contributed by atoms with Crippen molar-refractivity contribution in [1.82, 2.24) is 10.6 Å². The van der Waals surface area contributed by atoms with E-state index in [1.165, 1.54) is 0 Å². The van der Waals surface area contributed by atoms with Gasteiger partial charge in [-0.3, -0.25) is 4.79 Å². The summed E-state index contributed by atoms with van der Waals surface area (Å²) < 4.78 is 5.46.